The average Bonchev–Trinajstić information content (AvgIpc) is 3.01. The number of hydrogen-bond acceptors (Lipinski definition) is 3. The van der Waals surface area contributed by atoms with E-state index in [0.717, 1.165) is 23.4 Å². The van der Waals surface area contributed by atoms with Crippen LogP contribution in [0.15, 0.2) is 29.3 Å². The molecule has 1 aliphatic heterocycles. The third kappa shape index (κ3) is 2.35. The van der Waals surface area contributed by atoms with Gasteiger partial charge in [0.05, 0.1) is 5.54 Å². The number of nitrogens with two attached hydrogens (primary N) is 1. The van der Waals surface area contributed by atoms with Gasteiger partial charge in [0, 0.05) is 10.3 Å². The number of hydrogen-bond donors (Lipinski definition) is 1. The lowest BCUT2D eigenvalue weighted by Gasteiger charge is -2.29. The Morgan fingerprint density at radius 2 is 2.05 bits per heavy atom. The summed E-state index contributed by atoms with van der Waals surface area (Å²) in [6.45, 7) is 6.84. The number of aliphatic imine (C=N–C) groups is 1. The normalized spacial score (nSPS) is 33.1. The van der Waals surface area contributed by atoms with Gasteiger partial charge in [-0.2, -0.15) is 0 Å². The molecule has 1 aliphatic carbocycles. The second kappa shape index (κ2) is 4.67. The minimum absolute atomic E-state index is 0.157. The Labute approximate surface area is 130 Å². The van der Waals surface area contributed by atoms with Gasteiger partial charge in [0.1, 0.15) is 0 Å². The van der Waals surface area contributed by atoms with Gasteiger partial charge in [-0.15, -0.1) is 0 Å². The van der Waals surface area contributed by atoms with E-state index in [2.05, 4.69) is 26.8 Å². The smallest absolute Gasteiger partial charge is 0.155 e. The van der Waals surface area contributed by atoms with Crippen molar-refractivity contribution in [3.05, 3.63) is 34.9 Å². The molecule has 2 N–H and O–H groups in total. The fraction of sp³-hybridized carbons (Fsp3) is 0.562. The molecule has 3 rings (SSSR count). The maximum Gasteiger partial charge on any atom is 0.155 e. The summed E-state index contributed by atoms with van der Waals surface area (Å²) in [6, 6.07) is 8.06. The minimum atomic E-state index is -0.157. The third-order valence-electron chi connectivity index (χ3n) is 4.45. The molecule has 20 heavy (non-hydrogen) atoms. The first-order valence-corrected chi connectivity index (χ1v) is 8.36. The van der Waals surface area contributed by atoms with E-state index >= 15 is 0 Å². The van der Waals surface area contributed by atoms with E-state index in [1.165, 1.54) is 0 Å². The molecule has 2 aliphatic rings. The SMILES string of the molecule is CC(C)(C)C1CC2CC2(c2ccccc2Cl)N=C(N)S1. The molecule has 1 aromatic carbocycles. The number of thioether (sulfide) groups is 1. The van der Waals surface area contributed by atoms with Crippen LogP contribution in [0.3, 0.4) is 0 Å². The van der Waals surface area contributed by atoms with E-state index in [9.17, 15) is 0 Å². The van der Waals surface area contributed by atoms with Gasteiger partial charge in [0.2, 0.25) is 0 Å². The standard InChI is InChI=1S/C16H21ClN2S/c1-15(2,3)13-8-10-9-16(10,19-14(18)20-13)11-6-4-5-7-12(11)17/h4-7,10,13H,8-9H2,1-3H3,(H2,18,19). The quantitative estimate of drug-likeness (QED) is 0.834. The average molecular weight is 309 g/mol. The molecule has 108 valence electrons. The molecule has 3 atom stereocenters. The van der Waals surface area contributed by atoms with Crippen LogP contribution in [0, 0.1) is 11.3 Å². The van der Waals surface area contributed by atoms with Gasteiger partial charge in [-0.25, -0.2) is 0 Å². The zero-order valence-electron chi connectivity index (χ0n) is 12.2. The molecule has 0 spiro atoms. The molecule has 1 saturated carbocycles. The second-order valence-electron chi connectivity index (χ2n) is 6.96. The number of nitrogens with zero attached hydrogens (tertiary/aromatic N) is 1. The van der Waals surface area contributed by atoms with E-state index in [0.29, 0.717) is 16.3 Å². The largest absolute Gasteiger partial charge is 0.379 e. The summed E-state index contributed by atoms with van der Waals surface area (Å²) in [5.74, 6) is 0.570. The maximum atomic E-state index is 6.38. The highest BCUT2D eigenvalue weighted by atomic mass is 35.5. The molecule has 1 aromatic rings. The summed E-state index contributed by atoms with van der Waals surface area (Å²) >= 11 is 8.12. The second-order valence-corrected chi connectivity index (χ2v) is 8.59. The Kier molecular flexibility index (Phi) is 3.33. The van der Waals surface area contributed by atoms with E-state index < -0.39 is 0 Å². The summed E-state index contributed by atoms with van der Waals surface area (Å²) < 4.78 is 0. The van der Waals surface area contributed by atoms with Crippen LogP contribution in [0.4, 0.5) is 0 Å². The van der Waals surface area contributed by atoms with Crippen molar-refractivity contribution in [2.45, 2.75) is 44.4 Å². The van der Waals surface area contributed by atoms with Gasteiger partial charge in [-0.1, -0.05) is 62.3 Å². The Hall–Kier alpha value is -0.670. The van der Waals surface area contributed by atoms with Gasteiger partial charge < -0.3 is 5.73 Å². The van der Waals surface area contributed by atoms with Crippen molar-refractivity contribution >= 4 is 28.5 Å². The molecular formula is C16H21ClN2S. The summed E-state index contributed by atoms with van der Waals surface area (Å²) in [4.78, 5) is 4.85. The first-order chi connectivity index (χ1) is 9.33. The lowest BCUT2D eigenvalue weighted by molar-refractivity contribution is 0.364. The topological polar surface area (TPSA) is 38.4 Å². The predicted octanol–water partition coefficient (Wildman–Crippen LogP) is 4.42. The Morgan fingerprint density at radius 3 is 2.70 bits per heavy atom. The van der Waals surface area contributed by atoms with Crippen molar-refractivity contribution in [3.8, 4) is 0 Å². The number of benzene rings is 1. The van der Waals surface area contributed by atoms with Gasteiger partial charge in [-0.05, 0) is 35.8 Å². The molecule has 0 bridgehead atoms. The molecule has 3 unspecified atom stereocenters. The van der Waals surface area contributed by atoms with E-state index in [1.807, 2.05) is 18.2 Å². The fourth-order valence-corrected chi connectivity index (χ4v) is 4.63. The van der Waals surface area contributed by atoms with Crippen LogP contribution < -0.4 is 5.73 Å². The molecule has 0 saturated heterocycles. The molecule has 4 heteroatoms. The first kappa shape index (κ1) is 14.3. The molecule has 2 nitrogen and oxygen atoms in total. The Bertz CT molecular complexity index is 564. The summed E-state index contributed by atoms with van der Waals surface area (Å²) in [6.07, 6.45) is 2.23. The van der Waals surface area contributed by atoms with Gasteiger partial charge >= 0.3 is 0 Å². The van der Waals surface area contributed by atoms with Crippen LogP contribution in [-0.4, -0.2) is 10.4 Å². The van der Waals surface area contributed by atoms with E-state index in [1.54, 1.807) is 11.8 Å². The molecule has 0 amide bonds. The van der Waals surface area contributed by atoms with Gasteiger partial charge in [0.25, 0.3) is 0 Å². The number of fused-ring (bicyclic) bond motifs is 1. The van der Waals surface area contributed by atoms with Crippen LogP contribution >= 0.6 is 23.4 Å². The van der Waals surface area contributed by atoms with Crippen LogP contribution in [0.5, 0.6) is 0 Å². The monoisotopic (exact) mass is 308 g/mol. The molecule has 0 aromatic heterocycles. The van der Waals surface area contributed by atoms with Crippen LogP contribution in [0.1, 0.15) is 39.2 Å². The molecule has 0 radical (unpaired) electrons. The number of amidine groups is 1. The van der Waals surface area contributed by atoms with Crippen LogP contribution in [0.25, 0.3) is 0 Å². The van der Waals surface area contributed by atoms with Crippen molar-refractivity contribution in [2.24, 2.45) is 22.1 Å². The maximum absolute atomic E-state index is 6.38. The first-order valence-electron chi connectivity index (χ1n) is 7.10. The fourth-order valence-electron chi connectivity index (χ4n) is 3.14. The van der Waals surface area contributed by atoms with Gasteiger partial charge in [0.15, 0.2) is 5.17 Å². The lowest BCUT2D eigenvalue weighted by atomic mass is 9.87. The Balaban J connectivity index is 1.96. The van der Waals surface area contributed by atoms with E-state index in [-0.39, 0.29) is 11.0 Å². The minimum Gasteiger partial charge on any atom is -0.379 e. The van der Waals surface area contributed by atoms with Crippen molar-refractivity contribution in [3.63, 3.8) is 0 Å². The lowest BCUT2D eigenvalue weighted by Crippen LogP contribution is -2.26. The summed E-state index contributed by atoms with van der Waals surface area (Å²) in [5.41, 5.74) is 7.41. The summed E-state index contributed by atoms with van der Waals surface area (Å²) in [5, 5.41) is 2.04. The highest BCUT2D eigenvalue weighted by Gasteiger charge is 2.59. The highest BCUT2D eigenvalue weighted by molar-refractivity contribution is 8.14. The van der Waals surface area contributed by atoms with Crippen molar-refractivity contribution in [1.82, 2.24) is 0 Å². The third-order valence-corrected chi connectivity index (χ3v) is 6.30. The van der Waals surface area contributed by atoms with Crippen LogP contribution in [0.2, 0.25) is 5.02 Å². The molecule has 1 heterocycles. The van der Waals surface area contributed by atoms with Crippen molar-refractivity contribution < 1.29 is 0 Å². The highest BCUT2D eigenvalue weighted by Crippen LogP contribution is 2.62. The Morgan fingerprint density at radius 1 is 1.35 bits per heavy atom. The number of halogens is 1. The number of rotatable bonds is 1. The van der Waals surface area contributed by atoms with E-state index in [4.69, 9.17) is 22.3 Å². The zero-order valence-corrected chi connectivity index (χ0v) is 13.8. The van der Waals surface area contributed by atoms with Crippen molar-refractivity contribution in [1.29, 1.82) is 0 Å². The zero-order chi connectivity index (χ0) is 14.5. The summed E-state index contributed by atoms with van der Waals surface area (Å²) in [7, 11) is 0. The predicted molar refractivity (Wildman–Crippen MR) is 88.3 cm³/mol. The molecular weight excluding hydrogens is 288 g/mol. The van der Waals surface area contributed by atoms with Crippen molar-refractivity contribution in [2.75, 3.05) is 0 Å². The van der Waals surface area contributed by atoms with Gasteiger partial charge in [-0.3, -0.25) is 4.99 Å². The van der Waals surface area contributed by atoms with Crippen LogP contribution in [-0.2, 0) is 5.54 Å². The molecule has 1 fully saturated rings.